The number of carbonyl (C=O) groups excluding carboxylic acids is 2. The van der Waals surface area contributed by atoms with Crippen molar-refractivity contribution in [3.63, 3.8) is 0 Å². The number of benzene rings is 2. The third-order valence-electron chi connectivity index (χ3n) is 5.14. The van der Waals surface area contributed by atoms with Gasteiger partial charge in [-0.25, -0.2) is 4.39 Å². The maximum atomic E-state index is 13.0. The zero-order valence-electron chi connectivity index (χ0n) is 15.8. The van der Waals surface area contributed by atoms with Crippen molar-refractivity contribution in [1.82, 2.24) is 4.90 Å². The summed E-state index contributed by atoms with van der Waals surface area (Å²) >= 11 is 0. The lowest BCUT2D eigenvalue weighted by molar-refractivity contribution is -0.128. The lowest BCUT2D eigenvalue weighted by atomic mass is 10.1. The van der Waals surface area contributed by atoms with Crippen LogP contribution in [-0.2, 0) is 16.0 Å². The van der Waals surface area contributed by atoms with Crippen molar-refractivity contribution in [2.24, 2.45) is 5.92 Å². The minimum Gasteiger partial charge on any atom is -0.342 e. The van der Waals surface area contributed by atoms with Crippen molar-refractivity contribution >= 4 is 17.5 Å². The van der Waals surface area contributed by atoms with Gasteiger partial charge in [0, 0.05) is 31.7 Å². The standard InChI is InChI=1S/C22H25FN2O2/c1-3-25(20-7-5-4-6-16(20)2)22(27)18-14-21(26)24(15-18)13-12-17-8-10-19(23)11-9-17/h4-11,18H,3,12-15H2,1-2H3. The molecule has 0 aromatic heterocycles. The van der Waals surface area contributed by atoms with Gasteiger partial charge in [-0.2, -0.15) is 0 Å². The number of para-hydroxylation sites is 1. The van der Waals surface area contributed by atoms with Gasteiger partial charge in [-0.1, -0.05) is 30.3 Å². The number of rotatable bonds is 6. The van der Waals surface area contributed by atoms with E-state index in [0.29, 0.717) is 26.1 Å². The van der Waals surface area contributed by atoms with Crippen molar-refractivity contribution < 1.29 is 14.0 Å². The molecule has 1 atom stereocenters. The fourth-order valence-electron chi connectivity index (χ4n) is 3.60. The highest BCUT2D eigenvalue weighted by Gasteiger charge is 2.36. The lowest BCUT2D eigenvalue weighted by Crippen LogP contribution is -2.38. The summed E-state index contributed by atoms with van der Waals surface area (Å²) in [5, 5.41) is 0. The van der Waals surface area contributed by atoms with Crippen molar-refractivity contribution in [3.05, 3.63) is 65.5 Å². The normalized spacial score (nSPS) is 16.6. The number of aryl methyl sites for hydroxylation is 1. The van der Waals surface area contributed by atoms with Crippen molar-refractivity contribution in [3.8, 4) is 0 Å². The molecule has 1 saturated heterocycles. The second kappa shape index (κ2) is 8.33. The summed E-state index contributed by atoms with van der Waals surface area (Å²) in [7, 11) is 0. The van der Waals surface area contributed by atoms with Gasteiger partial charge in [0.2, 0.25) is 11.8 Å². The van der Waals surface area contributed by atoms with Crippen LogP contribution < -0.4 is 4.90 Å². The summed E-state index contributed by atoms with van der Waals surface area (Å²) < 4.78 is 13.0. The average Bonchev–Trinajstić information content (AvgIpc) is 3.04. The number of hydrogen-bond donors (Lipinski definition) is 0. The maximum Gasteiger partial charge on any atom is 0.232 e. The van der Waals surface area contributed by atoms with Gasteiger partial charge in [0.25, 0.3) is 0 Å². The van der Waals surface area contributed by atoms with Crippen LogP contribution in [0.15, 0.2) is 48.5 Å². The molecule has 0 N–H and O–H groups in total. The number of anilines is 1. The van der Waals surface area contributed by atoms with Gasteiger partial charge < -0.3 is 9.80 Å². The van der Waals surface area contributed by atoms with Gasteiger partial charge in [-0.05, 0) is 49.6 Å². The van der Waals surface area contributed by atoms with Gasteiger partial charge >= 0.3 is 0 Å². The molecule has 2 aromatic carbocycles. The van der Waals surface area contributed by atoms with Crippen LogP contribution in [0, 0.1) is 18.7 Å². The predicted molar refractivity (Wildman–Crippen MR) is 104 cm³/mol. The minimum atomic E-state index is -0.315. The first kappa shape index (κ1) is 19.1. The van der Waals surface area contributed by atoms with E-state index in [-0.39, 0.29) is 30.0 Å². The van der Waals surface area contributed by atoms with Crippen LogP contribution in [0.25, 0.3) is 0 Å². The second-order valence-corrected chi connectivity index (χ2v) is 6.99. The summed E-state index contributed by atoms with van der Waals surface area (Å²) in [6, 6.07) is 14.1. The molecule has 1 aliphatic rings. The Morgan fingerprint density at radius 3 is 2.56 bits per heavy atom. The van der Waals surface area contributed by atoms with Crippen molar-refractivity contribution in [2.45, 2.75) is 26.7 Å². The Balaban J connectivity index is 1.64. The number of likely N-dealkylation sites (tertiary alicyclic amines) is 1. The molecule has 0 bridgehead atoms. The molecule has 2 amide bonds. The van der Waals surface area contributed by atoms with Crippen LogP contribution in [-0.4, -0.2) is 36.3 Å². The van der Waals surface area contributed by atoms with E-state index < -0.39 is 0 Å². The number of nitrogens with zero attached hydrogens (tertiary/aromatic N) is 2. The maximum absolute atomic E-state index is 13.0. The quantitative estimate of drug-likeness (QED) is 0.782. The smallest absolute Gasteiger partial charge is 0.232 e. The molecule has 1 heterocycles. The highest BCUT2D eigenvalue weighted by molar-refractivity contribution is 5.99. The first-order valence-electron chi connectivity index (χ1n) is 9.38. The number of hydrogen-bond acceptors (Lipinski definition) is 2. The molecule has 5 heteroatoms. The molecule has 27 heavy (non-hydrogen) atoms. The van der Waals surface area contributed by atoms with Crippen molar-refractivity contribution in [2.75, 3.05) is 24.5 Å². The van der Waals surface area contributed by atoms with E-state index in [9.17, 15) is 14.0 Å². The first-order chi connectivity index (χ1) is 13.0. The molecule has 3 rings (SSSR count). The second-order valence-electron chi connectivity index (χ2n) is 6.99. The number of halogens is 1. The number of amides is 2. The Morgan fingerprint density at radius 2 is 1.89 bits per heavy atom. The molecule has 142 valence electrons. The molecule has 1 fully saturated rings. The Labute approximate surface area is 159 Å². The zero-order chi connectivity index (χ0) is 19.4. The van der Waals surface area contributed by atoms with E-state index >= 15 is 0 Å². The van der Waals surface area contributed by atoms with Crippen LogP contribution in [0.2, 0.25) is 0 Å². The summed E-state index contributed by atoms with van der Waals surface area (Å²) in [6.07, 6.45) is 0.910. The van der Waals surface area contributed by atoms with E-state index in [1.807, 2.05) is 38.1 Å². The minimum absolute atomic E-state index is 0.00410. The van der Waals surface area contributed by atoms with Gasteiger partial charge in [0.15, 0.2) is 0 Å². The molecule has 1 unspecified atom stereocenters. The Morgan fingerprint density at radius 1 is 1.19 bits per heavy atom. The third-order valence-corrected chi connectivity index (χ3v) is 5.14. The lowest BCUT2D eigenvalue weighted by Gasteiger charge is -2.26. The number of carbonyl (C=O) groups is 2. The Hall–Kier alpha value is -2.69. The molecule has 0 spiro atoms. The average molecular weight is 368 g/mol. The molecule has 4 nitrogen and oxygen atoms in total. The SMILES string of the molecule is CCN(C(=O)C1CC(=O)N(CCc2ccc(F)cc2)C1)c1ccccc1C. The highest BCUT2D eigenvalue weighted by Crippen LogP contribution is 2.26. The molecule has 0 aliphatic carbocycles. The van der Waals surface area contributed by atoms with E-state index in [4.69, 9.17) is 0 Å². The summed E-state index contributed by atoms with van der Waals surface area (Å²) in [5.74, 6) is -0.566. The van der Waals surface area contributed by atoms with Gasteiger partial charge in [-0.15, -0.1) is 0 Å². The molecular weight excluding hydrogens is 343 g/mol. The molecule has 0 saturated carbocycles. The topological polar surface area (TPSA) is 40.6 Å². The van der Waals surface area contributed by atoms with E-state index in [0.717, 1.165) is 16.8 Å². The summed E-state index contributed by atoms with van der Waals surface area (Å²) in [5.41, 5.74) is 2.93. The largest absolute Gasteiger partial charge is 0.342 e. The summed E-state index contributed by atoms with van der Waals surface area (Å²) in [4.78, 5) is 28.9. The van der Waals surface area contributed by atoms with Gasteiger partial charge in [0.05, 0.1) is 5.92 Å². The monoisotopic (exact) mass is 368 g/mol. The van der Waals surface area contributed by atoms with Gasteiger partial charge in [-0.3, -0.25) is 9.59 Å². The van der Waals surface area contributed by atoms with E-state index in [2.05, 4.69) is 0 Å². The Kier molecular flexibility index (Phi) is 5.89. The zero-order valence-corrected chi connectivity index (χ0v) is 15.8. The van der Waals surface area contributed by atoms with Crippen LogP contribution in [0.1, 0.15) is 24.5 Å². The van der Waals surface area contributed by atoms with Crippen LogP contribution in [0.3, 0.4) is 0 Å². The van der Waals surface area contributed by atoms with Crippen LogP contribution in [0.4, 0.5) is 10.1 Å². The van der Waals surface area contributed by atoms with Crippen molar-refractivity contribution in [1.29, 1.82) is 0 Å². The first-order valence-corrected chi connectivity index (χ1v) is 9.38. The fourth-order valence-corrected chi connectivity index (χ4v) is 3.60. The predicted octanol–water partition coefficient (Wildman–Crippen LogP) is 3.58. The molecule has 1 aliphatic heterocycles. The van der Waals surface area contributed by atoms with E-state index in [1.165, 1.54) is 12.1 Å². The Bertz CT molecular complexity index is 819. The van der Waals surface area contributed by atoms with E-state index in [1.54, 1.807) is 21.9 Å². The summed E-state index contributed by atoms with van der Waals surface area (Å²) in [6.45, 7) is 5.50. The van der Waals surface area contributed by atoms with Crippen LogP contribution in [0.5, 0.6) is 0 Å². The molecule has 2 aromatic rings. The van der Waals surface area contributed by atoms with Crippen LogP contribution >= 0.6 is 0 Å². The molecular formula is C22H25FN2O2. The highest BCUT2D eigenvalue weighted by atomic mass is 19.1. The fraction of sp³-hybridized carbons (Fsp3) is 0.364. The molecule has 0 radical (unpaired) electrons. The van der Waals surface area contributed by atoms with Gasteiger partial charge in [0.1, 0.15) is 5.82 Å². The third kappa shape index (κ3) is 4.35.